The van der Waals surface area contributed by atoms with E-state index in [1.807, 2.05) is 0 Å². The molecule has 2 aliphatic rings. The summed E-state index contributed by atoms with van der Waals surface area (Å²) in [6.07, 6.45) is -0.855. The van der Waals surface area contributed by atoms with Crippen LogP contribution in [0.4, 0.5) is 28.0 Å². The van der Waals surface area contributed by atoms with E-state index in [2.05, 4.69) is 20.0 Å². The molecule has 2 bridgehead atoms. The number of ether oxygens (including phenoxy) is 2. The summed E-state index contributed by atoms with van der Waals surface area (Å²) in [6, 6.07) is 7.16. The average molecular weight is 553 g/mol. The summed E-state index contributed by atoms with van der Waals surface area (Å²) in [4.78, 5) is 33.0. The van der Waals surface area contributed by atoms with E-state index >= 15 is 0 Å². The second kappa shape index (κ2) is 10.2. The average Bonchev–Trinajstić information content (AvgIpc) is 3.18. The number of halogens is 5. The van der Waals surface area contributed by atoms with Gasteiger partial charge in [-0.25, -0.2) is 9.18 Å². The Kier molecular flexibility index (Phi) is 6.91. The predicted molar refractivity (Wildman–Crippen MR) is 129 cm³/mol. The summed E-state index contributed by atoms with van der Waals surface area (Å²) < 4.78 is 62.0. The van der Waals surface area contributed by atoms with Crippen LogP contribution in [0.2, 0.25) is 5.02 Å². The Hall–Kier alpha value is -3.80. The van der Waals surface area contributed by atoms with Crippen molar-refractivity contribution in [2.24, 2.45) is 0 Å². The van der Waals surface area contributed by atoms with Crippen LogP contribution in [0.3, 0.4) is 0 Å². The molecule has 2 atom stereocenters. The Bertz CT molecular complexity index is 1430. The molecule has 0 radical (unpaired) electrons. The zero-order valence-electron chi connectivity index (χ0n) is 19.6. The molecule has 4 heterocycles. The number of nitrogens with one attached hydrogen (secondary N) is 2. The van der Waals surface area contributed by atoms with Gasteiger partial charge in [0.25, 0.3) is 0 Å². The maximum absolute atomic E-state index is 14.9. The lowest BCUT2D eigenvalue weighted by Crippen LogP contribution is -2.44. The van der Waals surface area contributed by atoms with Crippen LogP contribution < -0.4 is 20.3 Å². The highest BCUT2D eigenvalue weighted by Crippen LogP contribution is 2.43. The van der Waals surface area contributed by atoms with Crippen LogP contribution >= 0.6 is 11.6 Å². The molecule has 2 amide bonds. The third-order valence-electron chi connectivity index (χ3n) is 6.43. The number of hydrogen-bond donors (Lipinski definition) is 2. The molecular weight excluding hydrogens is 532 g/mol. The SMILES string of the molecule is O=C(Nc1cc(Cl)c(COc2cccc(OCC(F)(F)F)n2)cc1F)N1[C@H]2CC[C@@H]1c1c[nH]c(=O)cc1C2. The van der Waals surface area contributed by atoms with Gasteiger partial charge in [-0.2, -0.15) is 18.2 Å². The summed E-state index contributed by atoms with van der Waals surface area (Å²) in [7, 11) is 0. The van der Waals surface area contributed by atoms with Crippen molar-refractivity contribution in [1.82, 2.24) is 14.9 Å². The van der Waals surface area contributed by atoms with Crippen molar-refractivity contribution in [3.05, 3.63) is 80.5 Å². The summed E-state index contributed by atoms with van der Waals surface area (Å²) >= 11 is 6.30. The van der Waals surface area contributed by atoms with E-state index < -0.39 is 24.6 Å². The summed E-state index contributed by atoms with van der Waals surface area (Å²) in [6.45, 7) is -1.73. The minimum absolute atomic E-state index is 0.0410. The van der Waals surface area contributed by atoms with Crippen molar-refractivity contribution < 1.29 is 31.8 Å². The number of alkyl halides is 3. The number of carbonyl (C=O) groups is 1. The normalized spacial score (nSPS) is 18.2. The highest BCUT2D eigenvalue weighted by atomic mass is 35.5. The highest BCUT2D eigenvalue weighted by molar-refractivity contribution is 6.31. The molecule has 38 heavy (non-hydrogen) atoms. The van der Waals surface area contributed by atoms with Crippen LogP contribution in [0.15, 0.2) is 47.4 Å². The first kappa shape index (κ1) is 25.8. The molecule has 2 aliphatic heterocycles. The van der Waals surface area contributed by atoms with Crippen molar-refractivity contribution in [3.63, 3.8) is 0 Å². The van der Waals surface area contributed by atoms with Crippen LogP contribution in [-0.4, -0.2) is 39.7 Å². The van der Waals surface area contributed by atoms with Crippen molar-refractivity contribution >= 4 is 23.3 Å². The molecule has 1 aromatic carbocycles. The summed E-state index contributed by atoms with van der Waals surface area (Å²) in [5, 5.41) is 2.70. The van der Waals surface area contributed by atoms with Crippen molar-refractivity contribution in [2.75, 3.05) is 11.9 Å². The molecule has 1 saturated heterocycles. The molecule has 0 saturated carbocycles. The number of aromatic nitrogens is 2. The van der Waals surface area contributed by atoms with Gasteiger partial charge in [-0.05, 0) is 42.5 Å². The summed E-state index contributed by atoms with van der Waals surface area (Å²) in [5.41, 5.74) is 1.72. The lowest BCUT2D eigenvalue weighted by atomic mass is 9.95. The monoisotopic (exact) mass is 552 g/mol. The van der Waals surface area contributed by atoms with E-state index in [-0.39, 0.29) is 52.3 Å². The molecule has 2 aromatic heterocycles. The number of H-pyrrole nitrogens is 1. The predicted octanol–water partition coefficient (Wildman–Crippen LogP) is 5.38. The first-order valence-electron chi connectivity index (χ1n) is 11.7. The maximum Gasteiger partial charge on any atom is 0.422 e. The molecule has 0 spiro atoms. The van der Waals surface area contributed by atoms with E-state index in [0.29, 0.717) is 6.42 Å². The summed E-state index contributed by atoms with van der Waals surface area (Å²) in [5.74, 6) is -1.07. The third kappa shape index (κ3) is 5.54. The molecule has 2 N–H and O–H groups in total. The molecule has 1 fully saturated rings. The molecule has 0 unspecified atom stereocenters. The number of fused-ring (bicyclic) bond motifs is 4. The second-order valence-electron chi connectivity index (χ2n) is 9.00. The molecule has 0 aliphatic carbocycles. The molecule has 8 nitrogen and oxygen atoms in total. The van der Waals surface area contributed by atoms with Crippen LogP contribution in [0.25, 0.3) is 0 Å². The minimum Gasteiger partial charge on any atom is -0.473 e. The Morgan fingerprint density at radius 3 is 2.71 bits per heavy atom. The standard InChI is InChI=1S/C25H21ClF4N4O4/c26-17-9-19(32-24(36)34-15-4-5-20(34)16-10-31-21(35)8-13(16)6-15)18(27)7-14(17)11-37-22-2-1-3-23(33-22)38-12-25(28,29)30/h1-3,7-10,15,20H,4-6,11-12H2,(H,31,35)(H,32,36)/t15-,20+/m0/s1. The second-order valence-corrected chi connectivity index (χ2v) is 9.40. The van der Waals surface area contributed by atoms with Gasteiger partial charge in [0.05, 0.1) is 11.7 Å². The zero-order chi connectivity index (χ0) is 27.0. The Morgan fingerprint density at radius 2 is 1.95 bits per heavy atom. The number of pyridine rings is 2. The highest BCUT2D eigenvalue weighted by Gasteiger charge is 2.43. The topological polar surface area (TPSA) is 96.6 Å². The number of aromatic amines is 1. The number of urea groups is 1. The van der Waals surface area contributed by atoms with Crippen molar-refractivity contribution in [2.45, 2.75) is 44.1 Å². The Balaban J connectivity index is 1.25. The van der Waals surface area contributed by atoms with Crippen LogP contribution in [0.1, 0.15) is 35.6 Å². The molecule has 3 aromatic rings. The van der Waals surface area contributed by atoms with E-state index in [4.69, 9.17) is 16.3 Å². The molecule has 13 heteroatoms. The number of benzene rings is 1. The smallest absolute Gasteiger partial charge is 0.422 e. The third-order valence-corrected chi connectivity index (χ3v) is 6.78. The van der Waals surface area contributed by atoms with Gasteiger partial charge >= 0.3 is 12.2 Å². The van der Waals surface area contributed by atoms with Gasteiger partial charge in [0.1, 0.15) is 12.4 Å². The van der Waals surface area contributed by atoms with Gasteiger partial charge in [0.2, 0.25) is 17.3 Å². The minimum atomic E-state index is -4.51. The number of hydrogen-bond acceptors (Lipinski definition) is 5. The van der Waals surface area contributed by atoms with Gasteiger partial charge < -0.3 is 24.7 Å². The number of carbonyl (C=O) groups excluding carboxylic acids is 1. The van der Waals surface area contributed by atoms with Crippen LogP contribution in [0.5, 0.6) is 11.8 Å². The zero-order valence-corrected chi connectivity index (χ0v) is 20.4. The van der Waals surface area contributed by atoms with E-state index in [9.17, 15) is 27.2 Å². The fourth-order valence-electron chi connectivity index (χ4n) is 4.80. The van der Waals surface area contributed by atoms with Crippen LogP contribution in [0, 0.1) is 5.82 Å². The van der Waals surface area contributed by atoms with Crippen molar-refractivity contribution in [1.29, 1.82) is 0 Å². The maximum atomic E-state index is 14.9. The van der Waals surface area contributed by atoms with Crippen LogP contribution in [-0.2, 0) is 13.0 Å². The van der Waals surface area contributed by atoms with E-state index in [1.54, 1.807) is 17.2 Å². The van der Waals surface area contributed by atoms with Crippen molar-refractivity contribution in [3.8, 4) is 11.8 Å². The molecule has 200 valence electrons. The van der Waals surface area contributed by atoms with E-state index in [1.165, 1.54) is 24.3 Å². The fourth-order valence-corrected chi connectivity index (χ4v) is 5.02. The van der Waals surface area contributed by atoms with Gasteiger partial charge in [0, 0.05) is 41.0 Å². The van der Waals surface area contributed by atoms with Gasteiger partial charge in [-0.15, -0.1) is 0 Å². The quantitative estimate of drug-likeness (QED) is 0.401. The largest absolute Gasteiger partial charge is 0.473 e. The first-order chi connectivity index (χ1) is 18.1. The Morgan fingerprint density at radius 1 is 1.18 bits per heavy atom. The first-order valence-corrected chi connectivity index (χ1v) is 12.0. The Labute approximate surface area is 218 Å². The number of nitrogens with zero attached hydrogens (tertiary/aromatic N) is 2. The molecular formula is C25H21ClF4N4O4. The van der Waals surface area contributed by atoms with E-state index in [0.717, 1.165) is 30.0 Å². The lowest BCUT2D eigenvalue weighted by Gasteiger charge is -2.36. The van der Waals surface area contributed by atoms with Gasteiger partial charge in [0.15, 0.2) is 6.61 Å². The molecule has 5 rings (SSSR count). The number of rotatable bonds is 6. The van der Waals surface area contributed by atoms with Gasteiger partial charge in [-0.1, -0.05) is 17.7 Å². The van der Waals surface area contributed by atoms with Gasteiger partial charge in [-0.3, -0.25) is 4.79 Å². The lowest BCUT2D eigenvalue weighted by molar-refractivity contribution is -0.154. The number of anilines is 1. The fraction of sp³-hybridized carbons (Fsp3) is 0.320. The number of amides is 2.